The summed E-state index contributed by atoms with van der Waals surface area (Å²) in [4.78, 5) is 0. The van der Waals surface area contributed by atoms with Crippen molar-refractivity contribution in [2.45, 2.75) is 51.6 Å². The van der Waals surface area contributed by atoms with Crippen LogP contribution >= 0.6 is 0 Å². The fourth-order valence-corrected chi connectivity index (χ4v) is 2.63. The molecule has 0 aromatic heterocycles. The van der Waals surface area contributed by atoms with Crippen molar-refractivity contribution in [1.82, 2.24) is 0 Å². The first-order valence-electron chi connectivity index (χ1n) is 6.96. The Hall–Kier alpha value is -1.37. The molecule has 0 N–H and O–H groups in total. The van der Waals surface area contributed by atoms with Gasteiger partial charge in [-0.3, -0.25) is 0 Å². The van der Waals surface area contributed by atoms with Crippen LogP contribution in [0.5, 0.6) is 0 Å². The highest BCUT2D eigenvalue weighted by atomic mass is 19.1. The molecule has 0 spiro atoms. The van der Waals surface area contributed by atoms with Gasteiger partial charge in [0.05, 0.1) is 0 Å². The van der Waals surface area contributed by atoms with Crippen molar-refractivity contribution >= 4 is 0 Å². The van der Waals surface area contributed by atoms with Crippen LogP contribution in [0.25, 0.3) is 0 Å². The molecule has 0 unspecified atom stereocenters. The van der Waals surface area contributed by atoms with E-state index in [9.17, 15) is 4.39 Å². The molecule has 0 saturated heterocycles. The Balaban J connectivity index is 2.56. The summed E-state index contributed by atoms with van der Waals surface area (Å²) in [5.74, 6) is 0.619. The lowest BCUT2D eigenvalue weighted by Gasteiger charge is -2.23. The summed E-state index contributed by atoms with van der Waals surface area (Å²) >= 11 is 0. The molecule has 102 valence electrons. The monoisotopic (exact) mass is 258 g/mol. The highest BCUT2D eigenvalue weighted by Gasteiger charge is 2.31. The van der Waals surface area contributed by atoms with Crippen LogP contribution in [0.4, 0.5) is 4.39 Å². The molecule has 0 nitrogen and oxygen atoms in total. The third kappa shape index (κ3) is 3.15. The molecule has 1 heteroatoms. The molecule has 0 amide bonds. The highest BCUT2D eigenvalue weighted by molar-refractivity contribution is 5.47. The van der Waals surface area contributed by atoms with E-state index in [0.717, 1.165) is 22.3 Å². The van der Waals surface area contributed by atoms with Gasteiger partial charge in [0.1, 0.15) is 5.67 Å². The summed E-state index contributed by atoms with van der Waals surface area (Å²) in [6.07, 6.45) is 4.93. The van der Waals surface area contributed by atoms with Gasteiger partial charge in [-0.1, -0.05) is 42.5 Å². The van der Waals surface area contributed by atoms with Crippen molar-refractivity contribution in [3.63, 3.8) is 0 Å². The van der Waals surface area contributed by atoms with Crippen molar-refractivity contribution in [3.8, 4) is 0 Å². The van der Waals surface area contributed by atoms with Gasteiger partial charge in [0.15, 0.2) is 0 Å². The molecule has 1 aromatic carbocycles. The molecular formula is C18H23F. The maximum absolute atomic E-state index is 14.5. The molecule has 0 aliphatic heterocycles. The third-order valence-corrected chi connectivity index (χ3v) is 3.78. The molecule has 19 heavy (non-hydrogen) atoms. The van der Waals surface area contributed by atoms with Crippen molar-refractivity contribution < 1.29 is 4.39 Å². The first kappa shape index (κ1) is 14.0. The number of halogens is 1. The van der Waals surface area contributed by atoms with E-state index in [1.54, 1.807) is 19.9 Å². The maximum Gasteiger partial charge on any atom is 0.130 e. The Bertz CT molecular complexity index is 513. The number of allylic oxidation sites excluding steroid dienone is 2. The van der Waals surface area contributed by atoms with Crippen LogP contribution < -0.4 is 0 Å². The molecule has 1 fully saturated rings. The molecule has 1 aromatic rings. The van der Waals surface area contributed by atoms with Crippen molar-refractivity contribution in [1.29, 1.82) is 0 Å². The van der Waals surface area contributed by atoms with Crippen molar-refractivity contribution in [2.75, 3.05) is 0 Å². The first-order valence-corrected chi connectivity index (χ1v) is 6.96. The summed E-state index contributed by atoms with van der Waals surface area (Å²) in [6, 6.07) is 4.20. The van der Waals surface area contributed by atoms with Gasteiger partial charge in [0.2, 0.25) is 0 Å². The third-order valence-electron chi connectivity index (χ3n) is 3.78. The summed E-state index contributed by atoms with van der Waals surface area (Å²) in [5.41, 5.74) is 4.06. The lowest BCUT2D eigenvalue weighted by Crippen LogP contribution is -2.15. The average Bonchev–Trinajstić information content (AvgIpc) is 3.13. The topological polar surface area (TPSA) is 0 Å². The Kier molecular flexibility index (Phi) is 3.66. The second kappa shape index (κ2) is 4.96. The second-order valence-electron chi connectivity index (χ2n) is 6.17. The molecule has 1 aliphatic rings. The minimum Gasteiger partial charge on any atom is -0.239 e. The summed E-state index contributed by atoms with van der Waals surface area (Å²) in [6.45, 7) is 13.1. The zero-order chi connectivity index (χ0) is 14.2. The van der Waals surface area contributed by atoms with Crippen molar-refractivity contribution in [3.05, 3.63) is 59.2 Å². The van der Waals surface area contributed by atoms with E-state index < -0.39 is 5.67 Å². The van der Waals surface area contributed by atoms with Gasteiger partial charge in [-0.05, 0) is 62.6 Å². The number of hydrogen-bond acceptors (Lipinski definition) is 0. The van der Waals surface area contributed by atoms with Crippen LogP contribution in [-0.2, 0) is 12.1 Å². The first-order chi connectivity index (χ1) is 8.82. The minimum atomic E-state index is -1.31. The van der Waals surface area contributed by atoms with Gasteiger partial charge >= 0.3 is 0 Å². The van der Waals surface area contributed by atoms with E-state index >= 15 is 0 Å². The summed E-state index contributed by atoms with van der Waals surface area (Å²) in [7, 11) is 0. The Morgan fingerprint density at radius 2 is 2.05 bits per heavy atom. The van der Waals surface area contributed by atoms with Gasteiger partial charge in [-0.25, -0.2) is 4.39 Å². The highest BCUT2D eigenvalue weighted by Crippen LogP contribution is 2.45. The molecule has 0 bridgehead atoms. The smallest absolute Gasteiger partial charge is 0.130 e. The van der Waals surface area contributed by atoms with E-state index in [2.05, 4.69) is 19.2 Å². The Morgan fingerprint density at radius 1 is 1.42 bits per heavy atom. The Labute approximate surface area is 116 Å². The van der Waals surface area contributed by atoms with Gasteiger partial charge < -0.3 is 0 Å². The van der Waals surface area contributed by atoms with Crippen LogP contribution in [0.3, 0.4) is 0 Å². The van der Waals surface area contributed by atoms with Gasteiger partial charge in [0.25, 0.3) is 0 Å². The van der Waals surface area contributed by atoms with Gasteiger partial charge in [-0.15, -0.1) is 0 Å². The molecule has 0 heterocycles. The van der Waals surface area contributed by atoms with E-state index in [4.69, 9.17) is 0 Å². The van der Waals surface area contributed by atoms with Gasteiger partial charge in [-0.2, -0.15) is 0 Å². The largest absolute Gasteiger partial charge is 0.239 e. The molecule has 0 radical (unpaired) electrons. The van der Waals surface area contributed by atoms with Crippen LogP contribution in [0.2, 0.25) is 0 Å². The number of aryl methyl sites for hydroxylation is 1. The standard InChI is InChI=1S/C18H23F/c1-6-12(2)9-16-15(14-7-8-14)10-13(3)11-17(16)18(4,5)19/h6,10-11,14H,1-2,7-9H2,3-5H3. The molecule has 1 aliphatic carbocycles. The molecule has 0 atom stereocenters. The second-order valence-corrected chi connectivity index (χ2v) is 6.17. The van der Waals surface area contributed by atoms with Crippen LogP contribution in [0.15, 0.2) is 36.9 Å². The molecule has 2 rings (SSSR count). The minimum absolute atomic E-state index is 0.619. The van der Waals surface area contributed by atoms with Crippen LogP contribution in [0, 0.1) is 6.92 Å². The van der Waals surface area contributed by atoms with Crippen LogP contribution in [0.1, 0.15) is 54.9 Å². The zero-order valence-corrected chi connectivity index (χ0v) is 12.2. The molecular weight excluding hydrogens is 235 g/mol. The summed E-state index contributed by atoms with van der Waals surface area (Å²) in [5, 5.41) is 0. The lowest BCUT2D eigenvalue weighted by atomic mass is 9.85. The summed E-state index contributed by atoms with van der Waals surface area (Å²) < 4.78 is 14.5. The normalized spacial score (nSPS) is 15.4. The zero-order valence-electron chi connectivity index (χ0n) is 12.2. The van der Waals surface area contributed by atoms with Gasteiger partial charge in [0, 0.05) is 0 Å². The van der Waals surface area contributed by atoms with E-state index in [0.29, 0.717) is 12.3 Å². The Morgan fingerprint density at radius 3 is 2.53 bits per heavy atom. The number of hydrogen-bond donors (Lipinski definition) is 0. The number of benzene rings is 1. The van der Waals surface area contributed by atoms with Crippen LogP contribution in [-0.4, -0.2) is 0 Å². The molecule has 1 saturated carbocycles. The van der Waals surface area contributed by atoms with E-state index in [-0.39, 0.29) is 0 Å². The fourth-order valence-electron chi connectivity index (χ4n) is 2.63. The lowest BCUT2D eigenvalue weighted by molar-refractivity contribution is 0.219. The number of rotatable bonds is 5. The number of alkyl halides is 1. The fraction of sp³-hybridized carbons (Fsp3) is 0.444. The van der Waals surface area contributed by atoms with Crippen molar-refractivity contribution in [2.24, 2.45) is 0 Å². The van der Waals surface area contributed by atoms with E-state index in [1.165, 1.54) is 18.4 Å². The maximum atomic E-state index is 14.5. The predicted octanol–water partition coefficient (Wildman–Crippen LogP) is 5.36. The SMILES string of the molecule is C=CC(=C)Cc1c(C2CC2)cc(C)cc1C(C)(C)F. The quantitative estimate of drug-likeness (QED) is 0.623. The predicted molar refractivity (Wildman–Crippen MR) is 80.3 cm³/mol. The van der Waals surface area contributed by atoms with E-state index in [1.807, 2.05) is 13.0 Å². The average molecular weight is 258 g/mol.